The molecular formula is C10H11NOS. The van der Waals surface area contributed by atoms with Crippen LogP contribution in [-0.4, -0.2) is 10.8 Å². The van der Waals surface area contributed by atoms with Gasteiger partial charge in [0, 0.05) is 23.0 Å². The summed E-state index contributed by atoms with van der Waals surface area (Å²) < 4.78 is 0. The molecule has 0 spiro atoms. The number of para-hydroxylation sites is 1. The first-order chi connectivity index (χ1) is 6.11. The SMILES string of the molecule is CC(=O)Nc1ccccc1C(C)=S. The van der Waals surface area contributed by atoms with Crippen LogP contribution in [0.4, 0.5) is 5.69 Å². The van der Waals surface area contributed by atoms with Gasteiger partial charge in [0.1, 0.15) is 0 Å². The van der Waals surface area contributed by atoms with E-state index in [9.17, 15) is 4.79 Å². The molecular weight excluding hydrogens is 182 g/mol. The zero-order valence-electron chi connectivity index (χ0n) is 7.63. The third-order valence-electron chi connectivity index (χ3n) is 1.62. The van der Waals surface area contributed by atoms with Crippen molar-refractivity contribution in [3.63, 3.8) is 0 Å². The van der Waals surface area contributed by atoms with Crippen molar-refractivity contribution in [3.8, 4) is 0 Å². The van der Waals surface area contributed by atoms with Gasteiger partial charge in [0.05, 0.1) is 0 Å². The van der Waals surface area contributed by atoms with Gasteiger partial charge in [0.25, 0.3) is 0 Å². The second-order valence-corrected chi connectivity index (χ2v) is 3.40. The van der Waals surface area contributed by atoms with E-state index in [0.29, 0.717) is 0 Å². The predicted octanol–water partition coefficient (Wildman–Crippen LogP) is 2.38. The topological polar surface area (TPSA) is 29.1 Å². The van der Waals surface area contributed by atoms with Crippen molar-refractivity contribution in [1.82, 2.24) is 0 Å². The van der Waals surface area contributed by atoms with Crippen LogP contribution >= 0.6 is 12.2 Å². The quantitative estimate of drug-likeness (QED) is 0.577. The normalized spacial score (nSPS) is 9.38. The Hall–Kier alpha value is -1.22. The molecule has 1 aromatic carbocycles. The van der Waals surface area contributed by atoms with Crippen molar-refractivity contribution in [3.05, 3.63) is 29.8 Å². The Balaban J connectivity index is 3.04. The number of amides is 1. The lowest BCUT2D eigenvalue weighted by Crippen LogP contribution is -2.09. The average molecular weight is 193 g/mol. The molecule has 0 bridgehead atoms. The lowest BCUT2D eigenvalue weighted by Gasteiger charge is -2.07. The molecule has 0 atom stereocenters. The van der Waals surface area contributed by atoms with Crippen LogP contribution in [0.2, 0.25) is 0 Å². The molecule has 0 radical (unpaired) electrons. The molecule has 0 unspecified atom stereocenters. The minimum absolute atomic E-state index is 0.0799. The van der Waals surface area contributed by atoms with Crippen molar-refractivity contribution in [1.29, 1.82) is 0 Å². The van der Waals surface area contributed by atoms with Crippen molar-refractivity contribution >= 4 is 28.7 Å². The lowest BCUT2D eigenvalue weighted by atomic mass is 10.1. The Morgan fingerprint density at radius 2 is 1.92 bits per heavy atom. The summed E-state index contributed by atoms with van der Waals surface area (Å²) >= 11 is 5.05. The summed E-state index contributed by atoms with van der Waals surface area (Å²) in [6, 6.07) is 7.50. The highest BCUT2D eigenvalue weighted by Crippen LogP contribution is 2.15. The van der Waals surface area contributed by atoms with E-state index in [4.69, 9.17) is 12.2 Å². The highest BCUT2D eigenvalue weighted by atomic mass is 32.1. The number of nitrogens with one attached hydrogen (secondary N) is 1. The zero-order chi connectivity index (χ0) is 9.84. The Bertz CT molecular complexity index is 347. The summed E-state index contributed by atoms with van der Waals surface area (Å²) in [4.78, 5) is 11.6. The Kier molecular flexibility index (Phi) is 3.14. The van der Waals surface area contributed by atoms with Crippen molar-refractivity contribution in [2.24, 2.45) is 0 Å². The molecule has 0 aliphatic heterocycles. The van der Waals surface area contributed by atoms with Crippen molar-refractivity contribution < 1.29 is 4.79 Å². The largest absolute Gasteiger partial charge is 0.326 e. The summed E-state index contributed by atoms with van der Waals surface area (Å²) in [5, 5.41) is 2.73. The monoisotopic (exact) mass is 193 g/mol. The standard InChI is InChI=1S/C10H11NOS/c1-7(13)9-5-3-4-6-10(9)11-8(2)12/h3-6H,1-2H3,(H,11,12). The summed E-state index contributed by atoms with van der Waals surface area (Å²) in [6.07, 6.45) is 0. The summed E-state index contributed by atoms with van der Waals surface area (Å²) in [5.41, 5.74) is 1.69. The third-order valence-corrected chi connectivity index (χ3v) is 1.84. The first-order valence-electron chi connectivity index (χ1n) is 3.99. The molecule has 1 rings (SSSR count). The minimum Gasteiger partial charge on any atom is -0.326 e. The fourth-order valence-corrected chi connectivity index (χ4v) is 1.27. The van der Waals surface area contributed by atoms with Gasteiger partial charge in [-0.05, 0) is 13.0 Å². The van der Waals surface area contributed by atoms with Crippen LogP contribution in [0, 0.1) is 0 Å². The molecule has 0 saturated carbocycles. The molecule has 3 heteroatoms. The minimum atomic E-state index is -0.0799. The van der Waals surface area contributed by atoms with E-state index in [2.05, 4.69) is 5.32 Å². The maximum Gasteiger partial charge on any atom is 0.221 e. The van der Waals surface area contributed by atoms with Gasteiger partial charge in [-0.2, -0.15) is 0 Å². The van der Waals surface area contributed by atoms with Crippen LogP contribution in [0.25, 0.3) is 0 Å². The van der Waals surface area contributed by atoms with Gasteiger partial charge in [0.15, 0.2) is 0 Å². The van der Waals surface area contributed by atoms with Crippen LogP contribution in [0.5, 0.6) is 0 Å². The first kappa shape index (κ1) is 9.86. The van der Waals surface area contributed by atoms with Gasteiger partial charge in [-0.3, -0.25) is 4.79 Å². The Morgan fingerprint density at radius 1 is 1.31 bits per heavy atom. The van der Waals surface area contributed by atoms with Gasteiger partial charge in [-0.1, -0.05) is 30.4 Å². The van der Waals surface area contributed by atoms with Crippen LogP contribution in [-0.2, 0) is 4.79 Å². The number of thiocarbonyl (C=S) groups is 1. The van der Waals surface area contributed by atoms with E-state index in [1.165, 1.54) is 6.92 Å². The molecule has 13 heavy (non-hydrogen) atoms. The molecule has 0 aliphatic carbocycles. The van der Waals surface area contributed by atoms with Crippen molar-refractivity contribution in [2.75, 3.05) is 5.32 Å². The van der Waals surface area contributed by atoms with Crippen LogP contribution in [0.3, 0.4) is 0 Å². The predicted molar refractivity (Wildman–Crippen MR) is 58.1 cm³/mol. The fourth-order valence-electron chi connectivity index (χ4n) is 1.09. The molecule has 0 aromatic heterocycles. The van der Waals surface area contributed by atoms with Crippen molar-refractivity contribution in [2.45, 2.75) is 13.8 Å². The molecule has 0 fully saturated rings. The summed E-state index contributed by atoms with van der Waals surface area (Å²) in [6.45, 7) is 3.32. The molecule has 0 saturated heterocycles. The van der Waals surface area contributed by atoms with E-state index in [-0.39, 0.29) is 5.91 Å². The molecule has 1 aromatic rings. The van der Waals surface area contributed by atoms with Crippen LogP contribution in [0.1, 0.15) is 19.4 Å². The number of hydrogen-bond donors (Lipinski definition) is 1. The number of anilines is 1. The molecule has 1 amide bonds. The fraction of sp³-hybridized carbons (Fsp3) is 0.200. The maximum atomic E-state index is 10.8. The molecule has 0 aliphatic rings. The Morgan fingerprint density at radius 3 is 2.46 bits per heavy atom. The second-order valence-electron chi connectivity index (χ2n) is 2.78. The van der Waals surface area contributed by atoms with Gasteiger partial charge >= 0.3 is 0 Å². The molecule has 2 nitrogen and oxygen atoms in total. The first-order valence-corrected chi connectivity index (χ1v) is 4.39. The van der Waals surface area contributed by atoms with Gasteiger partial charge < -0.3 is 5.32 Å². The highest BCUT2D eigenvalue weighted by Gasteiger charge is 2.03. The molecule has 68 valence electrons. The van der Waals surface area contributed by atoms with E-state index in [1.54, 1.807) is 0 Å². The lowest BCUT2D eigenvalue weighted by molar-refractivity contribution is -0.114. The Labute approximate surface area is 83.0 Å². The average Bonchev–Trinajstić information content (AvgIpc) is 2.03. The van der Waals surface area contributed by atoms with Crippen LogP contribution in [0.15, 0.2) is 24.3 Å². The van der Waals surface area contributed by atoms with Crippen LogP contribution < -0.4 is 5.32 Å². The highest BCUT2D eigenvalue weighted by molar-refractivity contribution is 7.80. The zero-order valence-corrected chi connectivity index (χ0v) is 8.44. The van der Waals surface area contributed by atoms with E-state index >= 15 is 0 Å². The summed E-state index contributed by atoms with van der Waals surface area (Å²) in [7, 11) is 0. The smallest absolute Gasteiger partial charge is 0.221 e. The number of carbonyl (C=O) groups is 1. The van der Waals surface area contributed by atoms with E-state index in [0.717, 1.165) is 16.1 Å². The second kappa shape index (κ2) is 4.14. The number of benzene rings is 1. The molecule has 1 N–H and O–H groups in total. The number of hydrogen-bond acceptors (Lipinski definition) is 2. The maximum absolute atomic E-state index is 10.8. The van der Waals surface area contributed by atoms with E-state index in [1.807, 2.05) is 31.2 Å². The molecule has 0 heterocycles. The number of rotatable bonds is 2. The van der Waals surface area contributed by atoms with E-state index < -0.39 is 0 Å². The van der Waals surface area contributed by atoms with Gasteiger partial charge in [-0.25, -0.2) is 0 Å². The van der Waals surface area contributed by atoms with Gasteiger partial charge in [0.2, 0.25) is 5.91 Å². The van der Waals surface area contributed by atoms with Gasteiger partial charge in [-0.15, -0.1) is 0 Å². The number of carbonyl (C=O) groups excluding carboxylic acids is 1. The third kappa shape index (κ3) is 2.63. The summed E-state index contributed by atoms with van der Waals surface area (Å²) in [5.74, 6) is -0.0799.